The molecule has 1 unspecified atom stereocenters. The summed E-state index contributed by atoms with van der Waals surface area (Å²) < 4.78 is 0.697. The van der Waals surface area contributed by atoms with Crippen LogP contribution in [0.15, 0.2) is 0 Å². The molecule has 0 aliphatic rings. The summed E-state index contributed by atoms with van der Waals surface area (Å²) in [6.07, 6.45) is 6.22. The van der Waals surface area contributed by atoms with Crippen molar-refractivity contribution < 1.29 is 19.5 Å². The van der Waals surface area contributed by atoms with Crippen molar-refractivity contribution in [2.75, 3.05) is 27.2 Å². The van der Waals surface area contributed by atoms with Crippen LogP contribution in [0.25, 0.3) is 0 Å². The number of hydrogen-bond acceptors (Lipinski definition) is 2. The number of likely N-dealkylation sites (N-methyl/N-ethyl adjacent to an activating group) is 1. The van der Waals surface area contributed by atoms with Gasteiger partial charge in [-0.3, -0.25) is 4.79 Å². The van der Waals surface area contributed by atoms with E-state index in [0.717, 1.165) is 19.4 Å². The normalized spacial score (nSPS) is 13.6. The first-order chi connectivity index (χ1) is 8.37. The van der Waals surface area contributed by atoms with Gasteiger partial charge in [-0.05, 0) is 6.42 Å². The number of carbonyl (C=O) groups is 1. The quantitative estimate of drug-likeness (QED) is 0.442. The van der Waals surface area contributed by atoms with Crippen molar-refractivity contribution in [3.8, 4) is 0 Å². The van der Waals surface area contributed by atoms with E-state index in [1.807, 2.05) is 0 Å². The summed E-state index contributed by atoms with van der Waals surface area (Å²) in [7, 11) is 4.11. The second-order valence-electron chi connectivity index (χ2n) is 5.84. The van der Waals surface area contributed by atoms with Gasteiger partial charge in [0.2, 0.25) is 0 Å². The maximum Gasteiger partial charge on any atom is 0.303 e. The number of carboxylic acids is 1. The molecule has 18 heavy (non-hydrogen) atoms. The van der Waals surface area contributed by atoms with Crippen LogP contribution in [0.1, 0.15) is 51.9 Å². The Bertz CT molecular complexity index is 229. The van der Waals surface area contributed by atoms with E-state index in [4.69, 9.17) is 5.11 Å². The molecular weight excluding hydrogens is 230 g/mol. The predicted molar refractivity (Wildman–Crippen MR) is 73.5 cm³/mol. The molecule has 0 rings (SSSR count). The standard InChI is InChI=1S/C14H29NO3/c1-4-5-6-7-9-13(16)12-15(2,3)11-8-10-14(17)18/h13,16H,4-12H2,1-3H3/p+1. The van der Waals surface area contributed by atoms with Gasteiger partial charge in [-0.1, -0.05) is 32.6 Å². The third-order valence-corrected chi connectivity index (χ3v) is 3.25. The van der Waals surface area contributed by atoms with E-state index in [2.05, 4.69) is 21.0 Å². The Kier molecular flexibility index (Phi) is 9.02. The largest absolute Gasteiger partial charge is 0.481 e. The lowest BCUT2D eigenvalue weighted by atomic mass is 10.1. The van der Waals surface area contributed by atoms with Crippen molar-refractivity contribution in [3.05, 3.63) is 0 Å². The Morgan fingerprint density at radius 2 is 1.83 bits per heavy atom. The highest BCUT2D eigenvalue weighted by Gasteiger charge is 2.20. The molecule has 0 spiro atoms. The number of carboxylic acid groups (broad SMARTS) is 1. The molecule has 2 N–H and O–H groups in total. The van der Waals surface area contributed by atoms with Crippen LogP contribution in [-0.2, 0) is 4.79 Å². The topological polar surface area (TPSA) is 57.5 Å². The molecule has 0 amide bonds. The van der Waals surface area contributed by atoms with Crippen LogP contribution in [0.2, 0.25) is 0 Å². The van der Waals surface area contributed by atoms with Gasteiger partial charge in [-0.25, -0.2) is 0 Å². The van der Waals surface area contributed by atoms with Crippen LogP contribution in [0, 0.1) is 0 Å². The molecule has 108 valence electrons. The van der Waals surface area contributed by atoms with E-state index >= 15 is 0 Å². The van der Waals surface area contributed by atoms with Gasteiger partial charge < -0.3 is 14.7 Å². The van der Waals surface area contributed by atoms with Crippen molar-refractivity contribution in [1.29, 1.82) is 0 Å². The highest BCUT2D eigenvalue weighted by molar-refractivity contribution is 5.66. The second-order valence-corrected chi connectivity index (χ2v) is 5.84. The van der Waals surface area contributed by atoms with E-state index in [-0.39, 0.29) is 12.5 Å². The van der Waals surface area contributed by atoms with Gasteiger partial charge >= 0.3 is 5.97 Å². The minimum absolute atomic E-state index is 0.217. The Hall–Kier alpha value is -0.610. The van der Waals surface area contributed by atoms with Gasteiger partial charge in [-0.15, -0.1) is 0 Å². The highest BCUT2D eigenvalue weighted by Crippen LogP contribution is 2.10. The minimum atomic E-state index is -0.741. The van der Waals surface area contributed by atoms with E-state index < -0.39 is 5.97 Å². The summed E-state index contributed by atoms with van der Waals surface area (Å²) in [6.45, 7) is 3.70. The van der Waals surface area contributed by atoms with E-state index in [0.29, 0.717) is 17.4 Å². The third-order valence-electron chi connectivity index (χ3n) is 3.25. The molecular formula is C14H30NO3+. The van der Waals surface area contributed by atoms with Crippen molar-refractivity contribution >= 4 is 5.97 Å². The van der Waals surface area contributed by atoms with Crippen LogP contribution in [0.3, 0.4) is 0 Å². The Morgan fingerprint density at radius 1 is 1.17 bits per heavy atom. The van der Waals surface area contributed by atoms with E-state index in [9.17, 15) is 9.90 Å². The average molecular weight is 260 g/mol. The summed E-state index contributed by atoms with van der Waals surface area (Å²) in [5.74, 6) is -0.741. The Balaban J connectivity index is 3.74. The number of aliphatic hydroxyl groups is 1. The van der Waals surface area contributed by atoms with Gasteiger partial charge in [0.05, 0.1) is 27.1 Å². The molecule has 0 saturated heterocycles. The van der Waals surface area contributed by atoms with Gasteiger partial charge in [0.15, 0.2) is 0 Å². The first-order valence-corrected chi connectivity index (χ1v) is 7.09. The van der Waals surface area contributed by atoms with Gasteiger partial charge in [0.25, 0.3) is 0 Å². The summed E-state index contributed by atoms with van der Waals surface area (Å²) >= 11 is 0. The number of hydrogen-bond donors (Lipinski definition) is 2. The lowest BCUT2D eigenvalue weighted by Crippen LogP contribution is -2.46. The third kappa shape index (κ3) is 10.5. The van der Waals surface area contributed by atoms with E-state index in [1.165, 1.54) is 19.3 Å². The lowest BCUT2D eigenvalue weighted by molar-refractivity contribution is -0.893. The maximum absolute atomic E-state index is 10.5. The molecule has 4 nitrogen and oxygen atoms in total. The first kappa shape index (κ1) is 17.4. The number of rotatable bonds is 11. The Labute approximate surface area is 111 Å². The van der Waals surface area contributed by atoms with Gasteiger partial charge in [-0.2, -0.15) is 0 Å². The molecule has 0 aromatic rings. The molecule has 0 bridgehead atoms. The molecule has 1 atom stereocenters. The van der Waals surface area contributed by atoms with Crippen molar-refractivity contribution in [1.82, 2.24) is 0 Å². The van der Waals surface area contributed by atoms with Crippen LogP contribution in [0.5, 0.6) is 0 Å². The molecule has 0 saturated carbocycles. The summed E-state index contributed by atoms with van der Waals surface area (Å²) in [4.78, 5) is 10.5. The predicted octanol–water partition coefficient (Wildman–Crippen LogP) is 2.26. The minimum Gasteiger partial charge on any atom is -0.481 e. The fourth-order valence-corrected chi connectivity index (χ4v) is 2.22. The number of unbranched alkanes of at least 4 members (excludes halogenated alkanes) is 3. The molecule has 0 aliphatic heterocycles. The van der Waals surface area contributed by atoms with Gasteiger partial charge in [0, 0.05) is 6.42 Å². The zero-order valence-electron chi connectivity index (χ0n) is 12.2. The molecule has 0 fully saturated rings. The fraction of sp³-hybridized carbons (Fsp3) is 0.929. The number of aliphatic carboxylic acids is 1. The smallest absolute Gasteiger partial charge is 0.303 e. The molecule has 0 aromatic carbocycles. The highest BCUT2D eigenvalue weighted by atomic mass is 16.4. The molecule has 0 heterocycles. The fourth-order valence-electron chi connectivity index (χ4n) is 2.22. The van der Waals surface area contributed by atoms with Crippen molar-refractivity contribution in [2.45, 2.75) is 58.0 Å². The van der Waals surface area contributed by atoms with Crippen LogP contribution in [0.4, 0.5) is 0 Å². The summed E-state index contributed by atoms with van der Waals surface area (Å²) in [5.41, 5.74) is 0. The maximum atomic E-state index is 10.5. The average Bonchev–Trinajstić information content (AvgIpc) is 2.22. The molecule has 4 heteroatoms. The number of quaternary nitrogens is 1. The number of nitrogens with zero attached hydrogens (tertiary/aromatic N) is 1. The van der Waals surface area contributed by atoms with Crippen LogP contribution in [-0.4, -0.2) is 54.0 Å². The van der Waals surface area contributed by atoms with E-state index in [1.54, 1.807) is 0 Å². The first-order valence-electron chi connectivity index (χ1n) is 7.09. The molecule has 0 aromatic heterocycles. The van der Waals surface area contributed by atoms with Crippen LogP contribution < -0.4 is 0 Å². The summed E-state index contributed by atoms with van der Waals surface area (Å²) in [6, 6.07) is 0. The van der Waals surface area contributed by atoms with Crippen molar-refractivity contribution in [3.63, 3.8) is 0 Å². The number of aliphatic hydroxyl groups excluding tert-OH is 1. The molecule has 0 aliphatic carbocycles. The SMILES string of the molecule is CCCCCCC(O)C[N+](C)(C)CCCC(=O)O. The monoisotopic (exact) mass is 260 g/mol. The van der Waals surface area contributed by atoms with Gasteiger partial charge in [0.1, 0.15) is 12.6 Å². The second kappa shape index (κ2) is 9.34. The zero-order valence-corrected chi connectivity index (χ0v) is 12.2. The lowest BCUT2D eigenvalue weighted by Gasteiger charge is -2.31. The Morgan fingerprint density at radius 3 is 2.39 bits per heavy atom. The van der Waals surface area contributed by atoms with Crippen molar-refractivity contribution in [2.24, 2.45) is 0 Å². The summed E-state index contributed by atoms with van der Waals surface area (Å²) in [5, 5.41) is 18.6. The zero-order chi connectivity index (χ0) is 14.0. The van der Waals surface area contributed by atoms with Crippen LogP contribution >= 0.6 is 0 Å². The molecule has 0 radical (unpaired) electrons.